The van der Waals surface area contributed by atoms with Crippen molar-refractivity contribution in [2.45, 2.75) is 18.9 Å². The third kappa shape index (κ3) is 3.93. The Balaban J connectivity index is 1.66. The number of amides is 1. The van der Waals surface area contributed by atoms with E-state index in [-0.39, 0.29) is 11.1 Å². The number of benzene rings is 1. The molecule has 1 aromatic carbocycles. The Morgan fingerprint density at radius 3 is 2.63 bits per heavy atom. The van der Waals surface area contributed by atoms with Crippen LogP contribution in [0.5, 0.6) is 0 Å². The van der Waals surface area contributed by atoms with Crippen molar-refractivity contribution in [3.05, 3.63) is 77.2 Å². The highest BCUT2D eigenvalue weighted by Gasteiger charge is 2.43. The number of halogens is 1. The van der Waals surface area contributed by atoms with Crippen molar-refractivity contribution in [1.82, 2.24) is 9.80 Å². The molecule has 2 aliphatic heterocycles. The van der Waals surface area contributed by atoms with Gasteiger partial charge in [0.25, 0.3) is 5.91 Å². The summed E-state index contributed by atoms with van der Waals surface area (Å²) in [6, 6.07) is 8.41. The number of rotatable bonds is 7. The molecule has 1 unspecified atom stereocenters. The molecule has 156 valence electrons. The molecule has 0 saturated carbocycles. The van der Waals surface area contributed by atoms with Crippen LogP contribution in [0.4, 0.5) is 4.39 Å². The maximum absolute atomic E-state index is 14.7. The van der Waals surface area contributed by atoms with Gasteiger partial charge in [0.15, 0.2) is 11.5 Å². The molecule has 30 heavy (non-hydrogen) atoms. The zero-order valence-corrected chi connectivity index (χ0v) is 16.5. The number of hydrogen-bond donors (Lipinski definition) is 1. The lowest BCUT2D eigenvalue weighted by molar-refractivity contribution is -0.129. The summed E-state index contributed by atoms with van der Waals surface area (Å²) in [7, 11) is 0. The predicted molar refractivity (Wildman–Crippen MR) is 109 cm³/mol. The van der Waals surface area contributed by atoms with Crippen molar-refractivity contribution < 1.29 is 23.5 Å². The summed E-state index contributed by atoms with van der Waals surface area (Å²) in [5.41, 5.74) is 0.0698. The number of hydrogen-bond acceptors (Lipinski definition) is 5. The third-order valence-corrected chi connectivity index (χ3v) is 5.57. The lowest BCUT2D eigenvalue weighted by atomic mass is 9.95. The molecule has 3 heterocycles. The fourth-order valence-corrected chi connectivity index (χ4v) is 4.05. The summed E-state index contributed by atoms with van der Waals surface area (Å²) in [4.78, 5) is 29.4. The second-order valence-corrected chi connectivity index (χ2v) is 7.45. The van der Waals surface area contributed by atoms with E-state index in [1.54, 1.807) is 24.3 Å². The van der Waals surface area contributed by atoms with Crippen LogP contribution in [0.15, 0.2) is 64.5 Å². The molecular weight excluding hydrogens is 387 g/mol. The highest BCUT2D eigenvalue weighted by Crippen LogP contribution is 2.38. The number of aliphatic hydroxyl groups is 1. The molecule has 1 saturated heterocycles. The quantitative estimate of drug-likeness (QED) is 0.708. The molecule has 0 bridgehead atoms. The highest BCUT2D eigenvalue weighted by molar-refractivity contribution is 6.14. The SMILES string of the molecule is O=C(/C=C/c1ccco1)C1=C(O)C(=O)N(CCN2CCCC2)C1c1ccccc1F. The van der Waals surface area contributed by atoms with Gasteiger partial charge < -0.3 is 19.3 Å². The minimum Gasteiger partial charge on any atom is -0.503 e. The zero-order chi connectivity index (χ0) is 21.1. The van der Waals surface area contributed by atoms with Gasteiger partial charge in [-0.1, -0.05) is 18.2 Å². The number of nitrogens with zero attached hydrogens (tertiary/aromatic N) is 2. The molecule has 1 aromatic heterocycles. The van der Waals surface area contributed by atoms with Crippen LogP contribution in [0, 0.1) is 5.82 Å². The Labute approximate surface area is 173 Å². The molecule has 1 atom stereocenters. The summed E-state index contributed by atoms with van der Waals surface area (Å²) in [5.74, 6) is -1.91. The number of furan rings is 1. The van der Waals surface area contributed by atoms with Gasteiger partial charge in [-0.05, 0) is 56.3 Å². The molecule has 0 spiro atoms. The molecule has 2 aliphatic rings. The van der Waals surface area contributed by atoms with Crippen LogP contribution in [-0.2, 0) is 9.59 Å². The van der Waals surface area contributed by atoms with Crippen molar-refractivity contribution >= 4 is 17.8 Å². The fourth-order valence-electron chi connectivity index (χ4n) is 4.05. The number of aliphatic hydroxyl groups excluding tert-OH is 1. The van der Waals surface area contributed by atoms with Gasteiger partial charge in [0.1, 0.15) is 11.6 Å². The van der Waals surface area contributed by atoms with E-state index in [9.17, 15) is 19.1 Å². The Kier molecular flexibility index (Phi) is 5.81. The summed E-state index contributed by atoms with van der Waals surface area (Å²) >= 11 is 0. The van der Waals surface area contributed by atoms with Crippen LogP contribution in [0.3, 0.4) is 0 Å². The maximum atomic E-state index is 14.7. The predicted octanol–water partition coefficient (Wildman–Crippen LogP) is 3.49. The van der Waals surface area contributed by atoms with E-state index in [0.717, 1.165) is 25.9 Å². The Hall–Kier alpha value is -3.19. The second-order valence-electron chi connectivity index (χ2n) is 7.45. The minimum atomic E-state index is -0.977. The Morgan fingerprint density at radius 1 is 1.17 bits per heavy atom. The number of likely N-dealkylation sites (tertiary alicyclic amines) is 1. The van der Waals surface area contributed by atoms with Crippen LogP contribution in [-0.4, -0.2) is 52.8 Å². The summed E-state index contributed by atoms with van der Waals surface area (Å²) in [5, 5.41) is 10.5. The summed E-state index contributed by atoms with van der Waals surface area (Å²) in [6.45, 7) is 2.79. The first kappa shape index (κ1) is 20.1. The molecule has 0 aliphatic carbocycles. The van der Waals surface area contributed by atoms with Gasteiger partial charge in [0, 0.05) is 18.7 Å². The number of carbonyl (C=O) groups excluding carboxylic acids is 2. The summed E-state index contributed by atoms with van der Waals surface area (Å²) in [6.07, 6.45) is 6.38. The molecule has 1 N–H and O–H groups in total. The highest BCUT2D eigenvalue weighted by atomic mass is 19.1. The first-order chi connectivity index (χ1) is 14.6. The van der Waals surface area contributed by atoms with E-state index in [1.807, 2.05) is 0 Å². The number of ketones is 1. The first-order valence-electron chi connectivity index (χ1n) is 10.0. The van der Waals surface area contributed by atoms with E-state index in [0.29, 0.717) is 18.8 Å². The Morgan fingerprint density at radius 2 is 1.93 bits per heavy atom. The smallest absolute Gasteiger partial charge is 0.290 e. The fraction of sp³-hybridized carbons (Fsp3) is 0.304. The van der Waals surface area contributed by atoms with E-state index in [2.05, 4.69) is 4.90 Å². The zero-order valence-electron chi connectivity index (χ0n) is 16.5. The van der Waals surface area contributed by atoms with Crippen molar-refractivity contribution in [2.75, 3.05) is 26.2 Å². The lowest BCUT2D eigenvalue weighted by Crippen LogP contribution is -2.38. The van der Waals surface area contributed by atoms with Crippen LogP contribution in [0.2, 0.25) is 0 Å². The number of carbonyl (C=O) groups is 2. The van der Waals surface area contributed by atoms with Crippen LogP contribution in [0.1, 0.15) is 30.2 Å². The topological polar surface area (TPSA) is 74.0 Å². The van der Waals surface area contributed by atoms with Crippen LogP contribution >= 0.6 is 0 Å². The average molecular weight is 410 g/mol. The Bertz CT molecular complexity index is 990. The monoisotopic (exact) mass is 410 g/mol. The maximum Gasteiger partial charge on any atom is 0.290 e. The van der Waals surface area contributed by atoms with Crippen molar-refractivity contribution in [3.8, 4) is 0 Å². The van der Waals surface area contributed by atoms with Gasteiger partial charge in [0.2, 0.25) is 0 Å². The van der Waals surface area contributed by atoms with Crippen LogP contribution in [0.25, 0.3) is 6.08 Å². The summed E-state index contributed by atoms with van der Waals surface area (Å²) < 4.78 is 19.8. The molecule has 4 rings (SSSR count). The average Bonchev–Trinajstić information content (AvgIpc) is 3.49. The van der Waals surface area contributed by atoms with E-state index in [4.69, 9.17) is 4.42 Å². The molecule has 2 aromatic rings. The standard InChI is InChI=1S/C23H23FN2O4/c24-18-8-2-1-7-17(18)21-20(19(27)10-9-16-6-5-15-30-16)22(28)23(29)26(21)14-13-25-11-3-4-12-25/h1-2,5-10,15,21,28H,3-4,11-14H2/b10-9+. The van der Waals surface area contributed by atoms with Gasteiger partial charge in [0.05, 0.1) is 17.9 Å². The minimum absolute atomic E-state index is 0.116. The van der Waals surface area contributed by atoms with Crippen molar-refractivity contribution in [1.29, 1.82) is 0 Å². The molecule has 7 heteroatoms. The molecule has 6 nitrogen and oxygen atoms in total. The van der Waals surface area contributed by atoms with E-state index in [1.165, 1.54) is 35.4 Å². The van der Waals surface area contributed by atoms with Gasteiger partial charge in [-0.3, -0.25) is 9.59 Å². The molecule has 0 radical (unpaired) electrons. The second kappa shape index (κ2) is 8.67. The van der Waals surface area contributed by atoms with Gasteiger partial charge in [-0.2, -0.15) is 0 Å². The molecular formula is C23H23FN2O4. The molecule has 1 fully saturated rings. The van der Waals surface area contributed by atoms with Gasteiger partial charge >= 0.3 is 0 Å². The van der Waals surface area contributed by atoms with Crippen molar-refractivity contribution in [2.24, 2.45) is 0 Å². The lowest BCUT2D eigenvalue weighted by Gasteiger charge is -2.28. The van der Waals surface area contributed by atoms with E-state index < -0.39 is 29.3 Å². The van der Waals surface area contributed by atoms with Crippen LogP contribution < -0.4 is 0 Å². The number of allylic oxidation sites excluding steroid dienone is 1. The molecule has 1 amide bonds. The third-order valence-electron chi connectivity index (χ3n) is 5.57. The normalized spacial score (nSPS) is 20.1. The van der Waals surface area contributed by atoms with E-state index >= 15 is 0 Å². The largest absolute Gasteiger partial charge is 0.503 e. The van der Waals surface area contributed by atoms with Gasteiger partial charge in [-0.15, -0.1) is 0 Å². The van der Waals surface area contributed by atoms with Crippen molar-refractivity contribution in [3.63, 3.8) is 0 Å². The van der Waals surface area contributed by atoms with Gasteiger partial charge in [-0.25, -0.2) is 4.39 Å². The first-order valence-corrected chi connectivity index (χ1v) is 10.0.